The fraction of sp³-hybridized carbons (Fsp3) is 0.278. The van der Waals surface area contributed by atoms with Crippen molar-refractivity contribution in [2.45, 2.75) is 19.1 Å². The Morgan fingerprint density at radius 2 is 2.38 bits per heavy atom. The van der Waals surface area contributed by atoms with Crippen molar-refractivity contribution in [1.82, 2.24) is 19.5 Å². The number of fused-ring (bicyclic) bond motifs is 1. The predicted molar refractivity (Wildman–Crippen MR) is 96.7 cm³/mol. The molecule has 134 valence electrons. The van der Waals surface area contributed by atoms with Crippen LogP contribution in [0.5, 0.6) is 0 Å². The zero-order valence-corrected chi connectivity index (χ0v) is 14.3. The summed E-state index contributed by atoms with van der Waals surface area (Å²) in [5.74, 6) is 1.31. The topological polar surface area (TPSA) is 98.0 Å². The summed E-state index contributed by atoms with van der Waals surface area (Å²) in [5.41, 5.74) is 2.25. The van der Waals surface area contributed by atoms with Gasteiger partial charge in [-0.2, -0.15) is 0 Å². The summed E-state index contributed by atoms with van der Waals surface area (Å²) >= 11 is 0. The van der Waals surface area contributed by atoms with Crippen LogP contribution in [0.15, 0.2) is 46.6 Å². The molecule has 26 heavy (non-hydrogen) atoms. The Morgan fingerprint density at radius 1 is 1.46 bits per heavy atom. The third-order valence-electron chi connectivity index (χ3n) is 4.43. The molecule has 3 aromatic heterocycles. The minimum absolute atomic E-state index is 0.0459. The van der Waals surface area contributed by atoms with Gasteiger partial charge in [-0.1, -0.05) is 0 Å². The largest absolute Gasteiger partial charge is 0.444 e. The smallest absolute Gasteiger partial charge is 0.191 e. The van der Waals surface area contributed by atoms with E-state index in [9.17, 15) is 4.79 Å². The van der Waals surface area contributed by atoms with Crippen molar-refractivity contribution >= 4 is 17.5 Å². The number of aromatic nitrogens is 4. The van der Waals surface area contributed by atoms with Crippen LogP contribution in [0.1, 0.15) is 17.0 Å². The van der Waals surface area contributed by atoms with Gasteiger partial charge >= 0.3 is 0 Å². The molecule has 0 amide bonds. The highest BCUT2D eigenvalue weighted by Gasteiger charge is 2.26. The SMILES string of the molecule is COC1Cc2[nH]c(NCCn3ccnc3)cc(=O)c2C=C1c1cnco1. The summed E-state index contributed by atoms with van der Waals surface area (Å²) in [6, 6.07) is 1.58. The Hall–Kier alpha value is -3.13. The zero-order chi connectivity index (χ0) is 17.9. The van der Waals surface area contributed by atoms with Crippen LogP contribution in [0.4, 0.5) is 5.82 Å². The number of anilines is 1. The molecule has 0 fully saturated rings. The first-order valence-corrected chi connectivity index (χ1v) is 8.33. The fourth-order valence-electron chi connectivity index (χ4n) is 3.12. The minimum Gasteiger partial charge on any atom is -0.444 e. The van der Waals surface area contributed by atoms with Gasteiger partial charge in [0.25, 0.3) is 0 Å². The van der Waals surface area contributed by atoms with E-state index in [4.69, 9.17) is 9.15 Å². The molecule has 0 bridgehead atoms. The van der Waals surface area contributed by atoms with Crippen LogP contribution in [-0.4, -0.2) is 39.3 Å². The van der Waals surface area contributed by atoms with E-state index in [0.29, 0.717) is 30.1 Å². The van der Waals surface area contributed by atoms with E-state index >= 15 is 0 Å². The molecule has 4 rings (SSSR count). The molecule has 8 heteroatoms. The van der Waals surface area contributed by atoms with Crippen molar-refractivity contribution in [3.63, 3.8) is 0 Å². The Kier molecular flexibility index (Phi) is 4.40. The molecule has 1 aliphatic carbocycles. The van der Waals surface area contributed by atoms with Gasteiger partial charge < -0.3 is 24.0 Å². The zero-order valence-electron chi connectivity index (χ0n) is 14.3. The average Bonchev–Trinajstić information content (AvgIpc) is 3.34. The lowest BCUT2D eigenvalue weighted by Crippen LogP contribution is -2.25. The number of imidazole rings is 1. The highest BCUT2D eigenvalue weighted by molar-refractivity contribution is 5.84. The number of methoxy groups -OCH3 is 1. The van der Waals surface area contributed by atoms with E-state index in [1.165, 1.54) is 6.39 Å². The van der Waals surface area contributed by atoms with E-state index in [0.717, 1.165) is 17.8 Å². The normalized spacial score (nSPS) is 16.2. The standard InChI is InChI=1S/C18H19N5O3/c1-25-16-7-14-12(6-13(16)17-9-20-11-26-17)15(24)8-18(22-14)21-3-5-23-4-2-19-10-23/h2,4,6,8-11,16H,3,5,7H2,1H3,(H2,21,22,24). The molecule has 0 aromatic carbocycles. The Balaban J connectivity index is 1.58. The summed E-state index contributed by atoms with van der Waals surface area (Å²) in [4.78, 5) is 23.8. The first kappa shape index (κ1) is 16.3. The van der Waals surface area contributed by atoms with Gasteiger partial charge in [-0.05, 0) is 6.08 Å². The summed E-state index contributed by atoms with van der Waals surface area (Å²) in [5, 5.41) is 3.25. The molecule has 1 atom stereocenters. The van der Waals surface area contributed by atoms with Gasteiger partial charge in [-0.3, -0.25) is 4.79 Å². The number of H-pyrrole nitrogens is 1. The first-order valence-electron chi connectivity index (χ1n) is 8.33. The second-order valence-corrected chi connectivity index (χ2v) is 6.06. The van der Waals surface area contributed by atoms with E-state index in [1.807, 2.05) is 16.8 Å². The lowest BCUT2D eigenvalue weighted by atomic mass is 9.92. The van der Waals surface area contributed by atoms with Crippen molar-refractivity contribution in [3.05, 3.63) is 64.6 Å². The van der Waals surface area contributed by atoms with Gasteiger partial charge in [0, 0.05) is 61.9 Å². The monoisotopic (exact) mass is 353 g/mol. The molecule has 1 aliphatic rings. The van der Waals surface area contributed by atoms with E-state index < -0.39 is 0 Å². The highest BCUT2D eigenvalue weighted by atomic mass is 16.5. The average molecular weight is 353 g/mol. The molecule has 8 nitrogen and oxygen atoms in total. The van der Waals surface area contributed by atoms with Gasteiger partial charge in [0.05, 0.1) is 18.6 Å². The number of rotatable bonds is 6. The lowest BCUT2D eigenvalue weighted by Gasteiger charge is -2.24. The van der Waals surface area contributed by atoms with Gasteiger partial charge in [0.15, 0.2) is 17.6 Å². The maximum Gasteiger partial charge on any atom is 0.191 e. The van der Waals surface area contributed by atoms with Crippen LogP contribution >= 0.6 is 0 Å². The molecule has 3 aromatic rings. The minimum atomic E-state index is -0.202. The molecule has 0 saturated heterocycles. The van der Waals surface area contributed by atoms with Crippen molar-refractivity contribution in [3.8, 4) is 0 Å². The summed E-state index contributed by atoms with van der Waals surface area (Å²) in [6.45, 7) is 1.44. The van der Waals surface area contributed by atoms with Gasteiger partial charge in [0.1, 0.15) is 5.82 Å². The van der Waals surface area contributed by atoms with Crippen LogP contribution in [-0.2, 0) is 17.7 Å². The molecular weight excluding hydrogens is 334 g/mol. The Labute approximate surface area is 149 Å². The first-order chi connectivity index (χ1) is 12.7. The maximum atomic E-state index is 12.6. The van der Waals surface area contributed by atoms with Crippen molar-refractivity contribution in [2.75, 3.05) is 19.0 Å². The predicted octanol–water partition coefficient (Wildman–Crippen LogP) is 1.78. The molecular formula is C18H19N5O3. The van der Waals surface area contributed by atoms with Crippen LogP contribution in [0, 0.1) is 0 Å². The lowest BCUT2D eigenvalue weighted by molar-refractivity contribution is 0.146. The molecule has 0 radical (unpaired) electrons. The number of hydrogen-bond acceptors (Lipinski definition) is 6. The Morgan fingerprint density at radius 3 is 3.12 bits per heavy atom. The van der Waals surface area contributed by atoms with E-state index in [1.54, 1.807) is 31.9 Å². The van der Waals surface area contributed by atoms with Crippen molar-refractivity contribution in [2.24, 2.45) is 0 Å². The molecule has 2 N–H and O–H groups in total. The maximum absolute atomic E-state index is 12.6. The third kappa shape index (κ3) is 3.18. The quantitative estimate of drug-likeness (QED) is 0.701. The van der Waals surface area contributed by atoms with Crippen LogP contribution in [0.3, 0.4) is 0 Å². The van der Waals surface area contributed by atoms with Crippen LogP contribution < -0.4 is 10.7 Å². The summed E-state index contributed by atoms with van der Waals surface area (Å²) in [6.07, 6.45) is 10.6. The van der Waals surface area contributed by atoms with Gasteiger partial charge in [-0.15, -0.1) is 0 Å². The summed E-state index contributed by atoms with van der Waals surface area (Å²) < 4.78 is 12.9. The summed E-state index contributed by atoms with van der Waals surface area (Å²) in [7, 11) is 1.64. The number of aromatic amines is 1. The van der Waals surface area contributed by atoms with Crippen LogP contribution in [0.2, 0.25) is 0 Å². The number of oxazole rings is 1. The third-order valence-corrected chi connectivity index (χ3v) is 4.43. The Bertz CT molecular complexity index is 957. The number of nitrogens with zero attached hydrogens (tertiary/aromatic N) is 3. The fourth-order valence-corrected chi connectivity index (χ4v) is 3.12. The van der Waals surface area contributed by atoms with Crippen LogP contribution in [0.25, 0.3) is 11.6 Å². The second kappa shape index (κ2) is 7.01. The van der Waals surface area contributed by atoms with Crippen molar-refractivity contribution in [1.29, 1.82) is 0 Å². The molecule has 1 unspecified atom stereocenters. The van der Waals surface area contributed by atoms with Gasteiger partial charge in [0.2, 0.25) is 0 Å². The number of pyridine rings is 1. The molecule has 3 heterocycles. The number of nitrogens with one attached hydrogen (secondary N) is 2. The van der Waals surface area contributed by atoms with E-state index in [-0.39, 0.29) is 11.5 Å². The number of hydrogen-bond donors (Lipinski definition) is 2. The molecule has 0 aliphatic heterocycles. The van der Waals surface area contributed by atoms with E-state index in [2.05, 4.69) is 20.3 Å². The number of ether oxygens (including phenoxy) is 1. The van der Waals surface area contributed by atoms with Gasteiger partial charge in [-0.25, -0.2) is 9.97 Å². The van der Waals surface area contributed by atoms with Crippen molar-refractivity contribution < 1.29 is 9.15 Å². The molecule has 0 saturated carbocycles. The molecule has 0 spiro atoms. The highest BCUT2D eigenvalue weighted by Crippen LogP contribution is 2.30. The second-order valence-electron chi connectivity index (χ2n) is 6.06.